The van der Waals surface area contributed by atoms with Crippen molar-refractivity contribution in [3.8, 4) is 11.1 Å². The summed E-state index contributed by atoms with van der Waals surface area (Å²) in [5, 5.41) is 5.85. The number of hydrogen-bond acceptors (Lipinski definition) is 5. The minimum atomic E-state index is -0.805. The molecule has 2 aromatic carbocycles. The number of hydrogen-bond donors (Lipinski definition) is 2. The van der Waals surface area contributed by atoms with Crippen LogP contribution < -0.4 is 10.6 Å². The number of halogens is 3. The van der Waals surface area contributed by atoms with Gasteiger partial charge in [0.2, 0.25) is 0 Å². The molecule has 2 aromatic heterocycles. The molecule has 4 aromatic rings. The number of fused-ring (bicyclic) bond motifs is 1. The number of nitrogens with one attached hydrogen (secondary N) is 2. The molecule has 1 saturated carbocycles. The number of benzene rings is 2. The highest BCUT2D eigenvalue weighted by molar-refractivity contribution is 6.12. The molecule has 7 nitrogen and oxygen atoms in total. The molecular weight excluding hydrogens is 557 g/mol. The third-order valence-electron chi connectivity index (χ3n) is 7.50. The van der Waals surface area contributed by atoms with Crippen LogP contribution in [0.3, 0.4) is 0 Å². The monoisotopic (exact) mass is 590 g/mol. The lowest BCUT2D eigenvalue weighted by atomic mass is 9.76. The zero-order chi connectivity index (χ0) is 30.9. The van der Waals surface area contributed by atoms with E-state index in [4.69, 9.17) is 4.74 Å². The van der Waals surface area contributed by atoms with Crippen LogP contribution in [-0.4, -0.2) is 33.6 Å². The summed E-state index contributed by atoms with van der Waals surface area (Å²) in [5.74, 6) is -2.51. The lowest BCUT2D eigenvalue weighted by Crippen LogP contribution is -2.42. The molecule has 10 heteroatoms. The second-order valence-corrected chi connectivity index (χ2v) is 12.1. The Morgan fingerprint density at radius 1 is 0.953 bits per heavy atom. The van der Waals surface area contributed by atoms with E-state index in [0.29, 0.717) is 18.0 Å². The molecule has 1 aliphatic rings. The van der Waals surface area contributed by atoms with Crippen molar-refractivity contribution in [2.45, 2.75) is 64.5 Å². The maximum absolute atomic E-state index is 14.9. The van der Waals surface area contributed by atoms with Crippen molar-refractivity contribution in [3.63, 3.8) is 0 Å². The lowest BCUT2D eigenvalue weighted by Gasteiger charge is -2.35. The Morgan fingerprint density at radius 2 is 1.70 bits per heavy atom. The van der Waals surface area contributed by atoms with Gasteiger partial charge in [-0.3, -0.25) is 14.8 Å². The number of carbonyl (C=O) groups excluding carboxylic acids is 2. The Balaban J connectivity index is 1.41. The molecule has 2 heterocycles. The number of pyridine rings is 2. The average Bonchev–Trinajstić information content (AvgIpc) is 2.92. The minimum absolute atomic E-state index is 0.0169. The van der Waals surface area contributed by atoms with Gasteiger partial charge in [0.1, 0.15) is 23.1 Å². The van der Waals surface area contributed by atoms with E-state index in [0.717, 1.165) is 36.6 Å². The molecule has 0 saturated heterocycles. The highest BCUT2D eigenvalue weighted by Crippen LogP contribution is 2.39. The Labute approximate surface area is 247 Å². The van der Waals surface area contributed by atoms with Crippen LogP contribution in [0.2, 0.25) is 0 Å². The molecule has 0 spiro atoms. The van der Waals surface area contributed by atoms with Gasteiger partial charge in [0.25, 0.3) is 5.91 Å². The molecule has 2 amide bonds. The smallest absolute Gasteiger partial charge is 0.407 e. The van der Waals surface area contributed by atoms with Crippen LogP contribution in [0.15, 0.2) is 61.1 Å². The first-order valence-corrected chi connectivity index (χ1v) is 14.2. The van der Waals surface area contributed by atoms with Crippen LogP contribution in [0.4, 0.5) is 23.7 Å². The first-order chi connectivity index (χ1) is 20.4. The maximum Gasteiger partial charge on any atom is 0.407 e. The number of amides is 2. The number of nitrogens with zero attached hydrogens (tertiary/aromatic N) is 2. The van der Waals surface area contributed by atoms with Gasteiger partial charge in [-0.2, -0.15) is 0 Å². The van der Waals surface area contributed by atoms with Crippen LogP contribution in [0.1, 0.15) is 68.8 Å². The van der Waals surface area contributed by atoms with Crippen molar-refractivity contribution in [1.82, 2.24) is 15.3 Å². The van der Waals surface area contributed by atoms with Crippen LogP contribution in [0, 0.1) is 23.4 Å². The van der Waals surface area contributed by atoms with Crippen LogP contribution in [0.5, 0.6) is 0 Å². The molecule has 224 valence electrons. The predicted octanol–water partition coefficient (Wildman–Crippen LogP) is 7.76. The summed E-state index contributed by atoms with van der Waals surface area (Å²) in [5.41, 5.74) is 0.612. The number of alkyl carbamates (subject to hydrolysis) is 1. The minimum Gasteiger partial charge on any atom is -0.444 e. The van der Waals surface area contributed by atoms with E-state index in [1.807, 2.05) is 26.8 Å². The lowest BCUT2D eigenvalue weighted by molar-refractivity contribution is 0.0482. The second kappa shape index (κ2) is 12.0. The van der Waals surface area contributed by atoms with Gasteiger partial charge in [-0.1, -0.05) is 13.0 Å². The fraction of sp³-hybridized carbons (Fsp3) is 0.333. The van der Waals surface area contributed by atoms with E-state index >= 15 is 0 Å². The summed E-state index contributed by atoms with van der Waals surface area (Å²) in [6.07, 6.45) is 6.25. The summed E-state index contributed by atoms with van der Waals surface area (Å²) in [6, 6.07) is 8.92. The van der Waals surface area contributed by atoms with Crippen molar-refractivity contribution < 1.29 is 27.5 Å². The molecule has 3 atom stereocenters. The third kappa shape index (κ3) is 6.79. The molecule has 1 fully saturated rings. The fourth-order valence-corrected chi connectivity index (χ4v) is 5.79. The van der Waals surface area contributed by atoms with Crippen molar-refractivity contribution in [1.29, 1.82) is 0 Å². The molecular formula is C33H33F3N4O3. The summed E-state index contributed by atoms with van der Waals surface area (Å²) in [7, 11) is 0. The highest BCUT2D eigenvalue weighted by atomic mass is 19.1. The average molecular weight is 591 g/mol. The topological polar surface area (TPSA) is 93.2 Å². The van der Waals surface area contributed by atoms with Gasteiger partial charge in [-0.25, -0.2) is 18.0 Å². The van der Waals surface area contributed by atoms with Gasteiger partial charge >= 0.3 is 6.09 Å². The largest absolute Gasteiger partial charge is 0.444 e. The van der Waals surface area contributed by atoms with Gasteiger partial charge in [-0.15, -0.1) is 0 Å². The third-order valence-corrected chi connectivity index (χ3v) is 7.50. The van der Waals surface area contributed by atoms with Gasteiger partial charge in [0, 0.05) is 29.4 Å². The van der Waals surface area contributed by atoms with Crippen LogP contribution in [-0.2, 0) is 4.74 Å². The van der Waals surface area contributed by atoms with Gasteiger partial charge in [0.15, 0.2) is 0 Å². The molecule has 0 bridgehead atoms. The van der Waals surface area contributed by atoms with Crippen molar-refractivity contribution in [2.75, 3.05) is 5.32 Å². The van der Waals surface area contributed by atoms with Crippen molar-refractivity contribution in [3.05, 3.63) is 89.6 Å². The maximum atomic E-state index is 14.9. The zero-order valence-electron chi connectivity index (χ0n) is 24.4. The number of aromatic nitrogens is 2. The SMILES string of the molecule is C[C@@H]1C[C@H](NC(=O)OC(C)(C)C)C[C@H](c2ccncc2NC(=O)c2ccc(F)c3cc(-c4c(F)cccc4F)cnc23)C1. The fourth-order valence-electron chi connectivity index (χ4n) is 5.79. The first-order valence-electron chi connectivity index (χ1n) is 14.2. The second-order valence-electron chi connectivity index (χ2n) is 12.1. The quantitative estimate of drug-likeness (QED) is 0.248. The Bertz CT molecular complexity index is 1670. The molecule has 0 aliphatic heterocycles. The Kier molecular flexibility index (Phi) is 8.39. The number of anilines is 1. The van der Waals surface area contributed by atoms with Crippen LogP contribution >= 0.6 is 0 Å². The van der Waals surface area contributed by atoms with E-state index in [1.54, 1.807) is 12.4 Å². The van der Waals surface area contributed by atoms with E-state index in [9.17, 15) is 22.8 Å². The molecule has 43 heavy (non-hydrogen) atoms. The van der Waals surface area contributed by atoms with Gasteiger partial charge in [-0.05, 0) is 93.8 Å². The molecule has 5 rings (SSSR count). The standard InChI is InChI=1S/C33H33F3N4O3/c1-18-12-19(14-21(13-18)39-32(42)43-33(2,3)4)22-10-11-37-17-28(22)40-31(41)23-8-9-25(34)24-15-20(16-38-30(23)24)29-26(35)6-5-7-27(29)36/h5-11,15-19,21H,12-14H2,1-4H3,(H,39,42)(H,40,41)/t18-,19+,21-/m0/s1. The summed E-state index contributed by atoms with van der Waals surface area (Å²) >= 11 is 0. The van der Waals surface area contributed by atoms with Gasteiger partial charge < -0.3 is 15.4 Å². The predicted molar refractivity (Wildman–Crippen MR) is 158 cm³/mol. The van der Waals surface area contributed by atoms with E-state index in [1.165, 1.54) is 24.4 Å². The van der Waals surface area contributed by atoms with Crippen LogP contribution in [0.25, 0.3) is 22.0 Å². The normalized spacial score (nSPS) is 18.7. The molecule has 2 N–H and O–H groups in total. The number of ether oxygens (including phenoxy) is 1. The van der Waals surface area contributed by atoms with E-state index in [-0.39, 0.29) is 39.6 Å². The van der Waals surface area contributed by atoms with Crippen molar-refractivity contribution in [2.24, 2.45) is 5.92 Å². The summed E-state index contributed by atoms with van der Waals surface area (Å²) in [6.45, 7) is 7.55. The molecule has 1 aliphatic carbocycles. The summed E-state index contributed by atoms with van der Waals surface area (Å²) in [4.78, 5) is 34.4. The first kappa shape index (κ1) is 30.0. The number of carbonyl (C=O) groups is 2. The molecule has 0 unspecified atom stereocenters. The van der Waals surface area contributed by atoms with Crippen molar-refractivity contribution >= 4 is 28.6 Å². The Hall–Kier alpha value is -4.47. The van der Waals surface area contributed by atoms with E-state index < -0.39 is 35.1 Å². The van der Waals surface area contributed by atoms with Gasteiger partial charge in [0.05, 0.1) is 28.5 Å². The summed E-state index contributed by atoms with van der Waals surface area (Å²) < 4.78 is 49.1. The van der Waals surface area contributed by atoms with E-state index in [2.05, 4.69) is 27.5 Å². The Morgan fingerprint density at radius 3 is 2.42 bits per heavy atom. The highest BCUT2D eigenvalue weighted by Gasteiger charge is 2.31. The zero-order valence-corrected chi connectivity index (χ0v) is 24.4. The molecule has 0 radical (unpaired) electrons. The number of rotatable bonds is 5.